The van der Waals surface area contributed by atoms with E-state index in [9.17, 15) is 4.79 Å². The first-order valence-electron chi connectivity index (χ1n) is 4.30. The van der Waals surface area contributed by atoms with Gasteiger partial charge in [0, 0.05) is 12.3 Å². The fourth-order valence-electron chi connectivity index (χ4n) is 1.47. The Hall–Kier alpha value is -1.58. The van der Waals surface area contributed by atoms with Gasteiger partial charge in [0.25, 0.3) is 5.91 Å². The molecular weight excluding hydrogens is 166 g/mol. The molecule has 0 unspecified atom stereocenters. The second-order valence-corrected chi connectivity index (χ2v) is 2.96. The van der Waals surface area contributed by atoms with Crippen LogP contribution in [-0.4, -0.2) is 23.2 Å². The van der Waals surface area contributed by atoms with Gasteiger partial charge in [-0.25, -0.2) is 0 Å². The number of nitrogens with one attached hydrogen (secondary N) is 2. The molecule has 1 heterocycles. The number of hydrogen-bond donors (Lipinski definition) is 2. The molecule has 1 aromatic rings. The molecular formula is C9H11N3O. The highest BCUT2D eigenvalue weighted by Gasteiger charge is 2.10. The van der Waals surface area contributed by atoms with E-state index in [0.29, 0.717) is 5.69 Å². The number of fused-ring (bicyclic) bond motifs is 1. The van der Waals surface area contributed by atoms with E-state index in [1.807, 2.05) is 6.08 Å². The van der Waals surface area contributed by atoms with Crippen molar-refractivity contribution in [2.24, 2.45) is 0 Å². The third-order valence-electron chi connectivity index (χ3n) is 2.14. The number of nitrogens with zero attached hydrogens (tertiary/aromatic N) is 1. The van der Waals surface area contributed by atoms with E-state index in [4.69, 9.17) is 0 Å². The van der Waals surface area contributed by atoms with Crippen LogP contribution < -0.4 is 15.9 Å². The van der Waals surface area contributed by atoms with Crippen LogP contribution in [0.3, 0.4) is 0 Å². The highest BCUT2D eigenvalue weighted by atomic mass is 16.1. The Morgan fingerprint density at radius 2 is 2.31 bits per heavy atom. The number of H-pyrrole nitrogens is 1. The largest absolute Gasteiger partial charge is 0.354 e. The van der Waals surface area contributed by atoms with Gasteiger partial charge in [-0.3, -0.25) is 9.89 Å². The highest BCUT2D eigenvalue weighted by Crippen LogP contribution is 1.95. The van der Waals surface area contributed by atoms with Crippen LogP contribution in [-0.2, 0) is 0 Å². The van der Waals surface area contributed by atoms with Crippen molar-refractivity contribution in [3.05, 3.63) is 16.3 Å². The fraction of sp³-hybridized carbons (Fsp3) is 0.333. The van der Waals surface area contributed by atoms with Gasteiger partial charge in [-0.15, -0.1) is 0 Å². The van der Waals surface area contributed by atoms with Gasteiger partial charge in [0.05, 0.1) is 5.35 Å². The third-order valence-corrected chi connectivity index (χ3v) is 2.14. The molecule has 0 spiro atoms. The Labute approximate surface area is 75.3 Å². The normalized spacial score (nSPS) is 13.9. The zero-order chi connectivity index (χ0) is 9.26. The lowest BCUT2D eigenvalue weighted by molar-refractivity contribution is 0.0957. The summed E-state index contributed by atoms with van der Waals surface area (Å²) in [5.74, 6) is -0.135. The molecule has 0 atom stereocenters. The van der Waals surface area contributed by atoms with Crippen molar-refractivity contribution >= 4 is 18.1 Å². The summed E-state index contributed by atoms with van der Waals surface area (Å²) in [6.45, 7) is 0. The molecule has 0 aromatic carbocycles. The Balaban J connectivity index is 2.63. The maximum absolute atomic E-state index is 11.3. The van der Waals surface area contributed by atoms with Gasteiger partial charge in [0.2, 0.25) is 0 Å². The zero-order valence-corrected chi connectivity index (χ0v) is 7.42. The van der Waals surface area contributed by atoms with Gasteiger partial charge in [0.1, 0.15) is 0 Å². The van der Waals surface area contributed by atoms with Crippen LogP contribution in [0.15, 0.2) is 0 Å². The summed E-state index contributed by atoms with van der Waals surface area (Å²) in [5, 5.41) is 11.3. The van der Waals surface area contributed by atoms with E-state index in [1.165, 1.54) is 0 Å². The van der Waals surface area contributed by atoms with Crippen molar-refractivity contribution in [3.8, 4) is 0 Å². The van der Waals surface area contributed by atoms with Gasteiger partial charge in [0.15, 0.2) is 5.69 Å². The summed E-state index contributed by atoms with van der Waals surface area (Å²) >= 11 is 0. The van der Waals surface area contributed by atoms with E-state index in [1.54, 1.807) is 7.05 Å². The molecule has 2 rings (SSSR count). The van der Waals surface area contributed by atoms with E-state index in [2.05, 4.69) is 21.6 Å². The zero-order valence-electron chi connectivity index (χ0n) is 7.42. The highest BCUT2D eigenvalue weighted by molar-refractivity contribution is 5.92. The average Bonchev–Trinajstić information content (AvgIpc) is 2.60. The SMILES string of the molecule is CNC(=O)c1n[nH]c2c1=CCCC=2. The summed E-state index contributed by atoms with van der Waals surface area (Å²) in [4.78, 5) is 11.3. The maximum atomic E-state index is 11.3. The lowest BCUT2D eigenvalue weighted by Gasteiger charge is -1.95. The summed E-state index contributed by atoms with van der Waals surface area (Å²) in [6.07, 6.45) is 6.11. The first-order chi connectivity index (χ1) is 6.33. The molecule has 2 N–H and O–H groups in total. The molecule has 0 saturated heterocycles. The minimum Gasteiger partial charge on any atom is -0.354 e. The number of carbonyl (C=O) groups is 1. The van der Waals surface area contributed by atoms with Crippen LogP contribution in [0.4, 0.5) is 0 Å². The van der Waals surface area contributed by atoms with Gasteiger partial charge >= 0.3 is 0 Å². The number of rotatable bonds is 1. The van der Waals surface area contributed by atoms with E-state index in [-0.39, 0.29) is 5.91 Å². The van der Waals surface area contributed by atoms with E-state index < -0.39 is 0 Å². The van der Waals surface area contributed by atoms with Crippen LogP contribution in [0.5, 0.6) is 0 Å². The predicted molar refractivity (Wildman–Crippen MR) is 49.4 cm³/mol. The topological polar surface area (TPSA) is 57.8 Å². The summed E-state index contributed by atoms with van der Waals surface area (Å²) in [5.41, 5.74) is 0.494. The standard InChI is InChI=1S/C9H11N3O/c1-10-9(13)8-6-4-2-3-5-7(6)11-12-8/h4-5,11H,2-3H2,1H3,(H,10,13). The molecule has 0 aliphatic heterocycles. The Kier molecular flexibility index (Phi) is 1.88. The van der Waals surface area contributed by atoms with Crippen LogP contribution >= 0.6 is 0 Å². The molecule has 0 radical (unpaired) electrons. The second-order valence-electron chi connectivity index (χ2n) is 2.96. The summed E-state index contributed by atoms with van der Waals surface area (Å²) < 4.78 is 0. The summed E-state index contributed by atoms with van der Waals surface area (Å²) in [7, 11) is 1.61. The van der Waals surface area contributed by atoms with Gasteiger partial charge in [-0.1, -0.05) is 12.2 Å². The van der Waals surface area contributed by atoms with Crippen LogP contribution in [0.25, 0.3) is 12.2 Å². The first kappa shape index (κ1) is 8.04. The van der Waals surface area contributed by atoms with Crippen LogP contribution in [0.2, 0.25) is 0 Å². The van der Waals surface area contributed by atoms with Crippen molar-refractivity contribution < 1.29 is 4.79 Å². The molecule has 0 bridgehead atoms. The van der Waals surface area contributed by atoms with Crippen LogP contribution in [0.1, 0.15) is 23.3 Å². The van der Waals surface area contributed by atoms with Crippen molar-refractivity contribution in [2.45, 2.75) is 12.8 Å². The van der Waals surface area contributed by atoms with E-state index in [0.717, 1.165) is 23.4 Å². The van der Waals surface area contributed by atoms with Crippen molar-refractivity contribution in [3.63, 3.8) is 0 Å². The molecule has 4 heteroatoms. The minimum atomic E-state index is -0.135. The molecule has 13 heavy (non-hydrogen) atoms. The molecule has 1 aromatic heterocycles. The third kappa shape index (κ3) is 1.24. The van der Waals surface area contributed by atoms with Crippen molar-refractivity contribution in [2.75, 3.05) is 7.05 Å². The number of hydrogen-bond acceptors (Lipinski definition) is 2. The Morgan fingerprint density at radius 3 is 3.08 bits per heavy atom. The van der Waals surface area contributed by atoms with Crippen LogP contribution in [0, 0.1) is 0 Å². The Bertz CT molecular complexity index is 444. The lowest BCUT2D eigenvalue weighted by Crippen LogP contribution is -2.32. The quantitative estimate of drug-likeness (QED) is 0.585. The molecule has 0 saturated carbocycles. The summed E-state index contributed by atoms with van der Waals surface area (Å²) in [6, 6.07) is 0. The van der Waals surface area contributed by atoms with Gasteiger partial charge in [-0.2, -0.15) is 5.10 Å². The number of amides is 1. The maximum Gasteiger partial charge on any atom is 0.272 e. The molecule has 1 amide bonds. The van der Waals surface area contributed by atoms with Crippen molar-refractivity contribution in [1.29, 1.82) is 0 Å². The Morgan fingerprint density at radius 1 is 1.54 bits per heavy atom. The second kappa shape index (κ2) is 3.05. The molecule has 4 nitrogen and oxygen atoms in total. The molecule has 68 valence electrons. The minimum absolute atomic E-state index is 0.135. The fourth-order valence-corrected chi connectivity index (χ4v) is 1.47. The average molecular weight is 177 g/mol. The number of aromatic nitrogens is 2. The van der Waals surface area contributed by atoms with Crippen molar-refractivity contribution in [1.82, 2.24) is 15.5 Å². The lowest BCUT2D eigenvalue weighted by atomic mass is 10.1. The van der Waals surface area contributed by atoms with Gasteiger partial charge < -0.3 is 5.32 Å². The van der Waals surface area contributed by atoms with E-state index >= 15 is 0 Å². The number of aromatic amines is 1. The smallest absolute Gasteiger partial charge is 0.272 e. The molecule has 1 aliphatic carbocycles. The molecule has 1 aliphatic rings. The molecule has 0 fully saturated rings. The van der Waals surface area contributed by atoms with Gasteiger partial charge in [-0.05, 0) is 12.8 Å². The first-order valence-corrected chi connectivity index (χ1v) is 4.30. The predicted octanol–water partition coefficient (Wildman–Crippen LogP) is -0.876. The number of carbonyl (C=O) groups excluding carboxylic acids is 1. The monoisotopic (exact) mass is 177 g/mol.